The summed E-state index contributed by atoms with van der Waals surface area (Å²) in [7, 11) is 0. The molecular weight excluding hydrogens is 348 g/mol. The number of pyridine rings is 1. The van der Waals surface area contributed by atoms with Crippen LogP contribution in [0.3, 0.4) is 0 Å². The Balaban J connectivity index is 1.50. The molecule has 2 aromatic heterocycles. The van der Waals surface area contributed by atoms with Crippen LogP contribution in [0.25, 0.3) is 22.3 Å². The molecule has 8 heteroatoms. The number of hydrogen-bond acceptors (Lipinski definition) is 6. The van der Waals surface area contributed by atoms with Crippen LogP contribution in [0, 0.1) is 6.92 Å². The second-order valence-electron chi connectivity index (χ2n) is 6.61. The molecule has 1 aliphatic rings. The Morgan fingerprint density at radius 2 is 2.07 bits per heavy atom. The molecule has 3 heterocycles. The maximum atomic E-state index is 12.4. The smallest absolute Gasteiger partial charge is 0.259 e. The zero-order valence-electron chi connectivity index (χ0n) is 15.0. The van der Waals surface area contributed by atoms with Crippen molar-refractivity contribution in [3.63, 3.8) is 0 Å². The van der Waals surface area contributed by atoms with Crippen molar-refractivity contribution in [2.24, 2.45) is 0 Å². The molecule has 1 amide bonds. The van der Waals surface area contributed by atoms with Crippen LogP contribution in [0.15, 0.2) is 33.6 Å². The first-order chi connectivity index (χ1) is 13.1. The largest absolute Gasteiger partial charge is 0.378 e. The first kappa shape index (κ1) is 17.4. The van der Waals surface area contributed by atoms with Gasteiger partial charge in [0.2, 0.25) is 17.6 Å². The lowest BCUT2D eigenvalue weighted by Gasteiger charge is -2.26. The van der Waals surface area contributed by atoms with Crippen molar-refractivity contribution in [2.45, 2.75) is 19.8 Å². The Kier molecular flexibility index (Phi) is 4.72. The van der Waals surface area contributed by atoms with Crippen molar-refractivity contribution in [1.82, 2.24) is 20.0 Å². The van der Waals surface area contributed by atoms with E-state index in [0.717, 1.165) is 16.5 Å². The highest BCUT2D eigenvalue weighted by atomic mass is 16.5. The van der Waals surface area contributed by atoms with Crippen molar-refractivity contribution in [3.8, 4) is 11.4 Å². The third kappa shape index (κ3) is 3.75. The Morgan fingerprint density at radius 1 is 1.26 bits per heavy atom. The summed E-state index contributed by atoms with van der Waals surface area (Å²) in [4.78, 5) is 33.5. The molecule has 1 aliphatic heterocycles. The number of aromatic nitrogens is 3. The zero-order chi connectivity index (χ0) is 18.8. The van der Waals surface area contributed by atoms with E-state index in [4.69, 9.17) is 9.26 Å². The van der Waals surface area contributed by atoms with E-state index in [-0.39, 0.29) is 23.7 Å². The molecule has 1 N–H and O–H groups in total. The monoisotopic (exact) mass is 368 g/mol. The van der Waals surface area contributed by atoms with Gasteiger partial charge in [0, 0.05) is 31.4 Å². The molecule has 0 atom stereocenters. The number of carbonyl (C=O) groups excluding carboxylic acids is 1. The van der Waals surface area contributed by atoms with E-state index in [9.17, 15) is 9.59 Å². The molecule has 1 aromatic carbocycles. The minimum absolute atomic E-state index is 0.0389. The molecule has 1 saturated heterocycles. The van der Waals surface area contributed by atoms with Crippen molar-refractivity contribution >= 4 is 16.8 Å². The van der Waals surface area contributed by atoms with Gasteiger partial charge < -0.3 is 19.1 Å². The van der Waals surface area contributed by atoms with Gasteiger partial charge in [-0.15, -0.1) is 0 Å². The van der Waals surface area contributed by atoms with Gasteiger partial charge in [0.05, 0.1) is 18.8 Å². The molecule has 27 heavy (non-hydrogen) atoms. The maximum Gasteiger partial charge on any atom is 0.259 e. The number of morpholine rings is 1. The molecular formula is C19H20N4O4. The fourth-order valence-corrected chi connectivity index (χ4v) is 3.13. The van der Waals surface area contributed by atoms with Gasteiger partial charge in [0.1, 0.15) is 0 Å². The second kappa shape index (κ2) is 7.32. The quantitative estimate of drug-likeness (QED) is 0.752. The number of ether oxygens (including phenoxy) is 1. The third-order valence-corrected chi connectivity index (χ3v) is 4.63. The van der Waals surface area contributed by atoms with Crippen LogP contribution < -0.4 is 5.56 Å². The summed E-state index contributed by atoms with van der Waals surface area (Å²) in [5, 5.41) is 4.80. The molecule has 3 aromatic rings. The summed E-state index contributed by atoms with van der Waals surface area (Å²) >= 11 is 0. The summed E-state index contributed by atoms with van der Waals surface area (Å²) in [6, 6.07) is 7.58. The van der Waals surface area contributed by atoms with Crippen molar-refractivity contribution < 1.29 is 14.1 Å². The lowest BCUT2D eigenvalue weighted by molar-refractivity contribution is -0.135. The van der Waals surface area contributed by atoms with Crippen molar-refractivity contribution in [2.75, 3.05) is 26.3 Å². The lowest BCUT2D eigenvalue weighted by Crippen LogP contribution is -2.40. The normalized spacial score (nSPS) is 14.6. The van der Waals surface area contributed by atoms with Crippen molar-refractivity contribution in [1.29, 1.82) is 0 Å². The summed E-state index contributed by atoms with van der Waals surface area (Å²) in [6.45, 7) is 4.33. The van der Waals surface area contributed by atoms with Gasteiger partial charge >= 0.3 is 0 Å². The number of aryl methyl sites for hydroxylation is 2. The van der Waals surface area contributed by atoms with E-state index in [0.29, 0.717) is 44.2 Å². The topological polar surface area (TPSA) is 101 Å². The molecule has 0 unspecified atom stereocenters. The Labute approximate surface area is 155 Å². The molecule has 0 aliphatic carbocycles. The molecule has 1 fully saturated rings. The van der Waals surface area contributed by atoms with E-state index in [1.165, 1.54) is 0 Å². The molecule has 0 spiro atoms. The van der Waals surface area contributed by atoms with E-state index in [1.54, 1.807) is 11.0 Å². The zero-order valence-corrected chi connectivity index (χ0v) is 15.0. The minimum Gasteiger partial charge on any atom is -0.378 e. The third-order valence-electron chi connectivity index (χ3n) is 4.63. The summed E-state index contributed by atoms with van der Waals surface area (Å²) in [5.41, 5.74) is 1.91. The molecule has 0 radical (unpaired) electrons. The summed E-state index contributed by atoms with van der Waals surface area (Å²) in [5.74, 6) is 0.611. The van der Waals surface area contributed by atoms with E-state index < -0.39 is 0 Å². The van der Waals surface area contributed by atoms with Gasteiger partial charge in [0.15, 0.2) is 0 Å². The predicted octanol–water partition coefficient (Wildman–Crippen LogP) is 1.68. The van der Waals surface area contributed by atoms with Crippen LogP contribution >= 0.6 is 0 Å². The van der Waals surface area contributed by atoms with E-state index in [1.807, 2.05) is 25.1 Å². The van der Waals surface area contributed by atoms with Crippen LogP contribution in [0.4, 0.5) is 0 Å². The molecule has 140 valence electrons. The number of carbonyl (C=O) groups is 1. The highest BCUT2D eigenvalue weighted by Gasteiger charge is 2.19. The van der Waals surface area contributed by atoms with E-state index in [2.05, 4.69) is 15.1 Å². The standard InChI is InChI=1S/C19H20N4O4/c1-12-2-3-13-11-14(19(25)20-15(13)10-12)18-21-16(27-22-18)4-5-17(24)23-6-8-26-9-7-23/h2-3,10-11H,4-9H2,1H3,(H,20,25). The predicted molar refractivity (Wildman–Crippen MR) is 98.3 cm³/mol. The van der Waals surface area contributed by atoms with Gasteiger partial charge in [-0.1, -0.05) is 17.3 Å². The lowest BCUT2D eigenvalue weighted by atomic mass is 10.1. The Morgan fingerprint density at radius 3 is 2.89 bits per heavy atom. The summed E-state index contributed by atoms with van der Waals surface area (Å²) in [6.07, 6.45) is 0.628. The number of benzene rings is 1. The maximum absolute atomic E-state index is 12.4. The van der Waals surface area contributed by atoms with E-state index >= 15 is 0 Å². The Hall–Kier alpha value is -3.00. The van der Waals surface area contributed by atoms with Gasteiger partial charge in [-0.25, -0.2) is 0 Å². The average Bonchev–Trinajstić information content (AvgIpc) is 3.15. The van der Waals surface area contributed by atoms with Gasteiger partial charge in [0.25, 0.3) is 5.56 Å². The number of nitrogens with zero attached hydrogens (tertiary/aromatic N) is 3. The first-order valence-corrected chi connectivity index (χ1v) is 8.92. The minimum atomic E-state index is -0.273. The highest BCUT2D eigenvalue weighted by Crippen LogP contribution is 2.18. The number of amides is 1. The first-order valence-electron chi connectivity index (χ1n) is 8.92. The number of fused-ring (bicyclic) bond motifs is 1. The molecule has 8 nitrogen and oxygen atoms in total. The molecule has 0 bridgehead atoms. The van der Waals surface area contributed by atoms with Crippen LogP contribution in [-0.4, -0.2) is 52.2 Å². The number of H-pyrrole nitrogens is 1. The SMILES string of the molecule is Cc1ccc2cc(-c3noc(CCC(=O)N4CCOCC4)n3)c(=O)[nH]c2c1. The number of hydrogen-bond donors (Lipinski definition) is 1. The van der Waals surface area contributed by atoms with Crippen LogP contribution in [0.5, 0.6) is 0 Å². The van der Waals surface area contributed by atoms with Gasteiger partial charge in [-0.3, -0.25) is 9.59 Å². The fraction of sp³-hybridized carbons (Fsp3) is 0.368. The number of aromatic amines is 1. The molecule has 0 saturated carbocycles. The number of rotatable bonds is 4. The average molecular weight is 368 g/mol. The Bertz CT molecular complexity index is 1030. The van der Waals surface area contributed by atoms with Crippen LogP contribution in [0.2, 0.25) is 0 Å². The molecule has 4 rings (SSSR count). The van der Waals surface area contributed by atoms with Crippen LogP contribution in [0.1, 0.15) is 17.9 Å². The number of nitrogens with one attached hydrogen (secondary N) is 1. The summed E-state index contributed by atoms with van der Waals surface area (Å²) < 4.78 is 10.5. The van der Waals surface area contributed by atoms with Crippen molar-refractivity contribution in [3.05, 3.63) is 46.1 Å². The fourth-order valence-electron chi connectivity index (χ4n) is 3.13. The van der Waals surface area contributed by atoms with Gasteiger partial charge in [-0.2, -0.15) is 4.98 Å². The van der Waals surface area contributed by atoms with Gasteiger partial charge in [-0.05, 0) is 30.0 Å². The van der Waals surface area contributed by atoms with Crippen LogP contribution in [-0.2, 0) is 16.0 Å². The highest BCUT2D eigenvalue weighted by molar-refractivity contribution is 5.82. The second-order valence-corrected chi connectivity index (χ2v) is 6.61.